The average molecular weight is 203 g/mol. The number of rotatable bonds is 2. The van der Waals surface area contributed by atoms with Crippen LogP contribution in [0, 0.1) is 18.6 Å². The Hall–Kier alpha value is -0.610. The highest BCUT2D eigenvalue weighted by Crippen LogP contribution is 2.20. The standard InChI is InChI=1S/C9H11F2NS/c1-5-7(10)3-2-6(9(5)11)8(12)4-13/h2-3,8,13H,4,12H2,1H3. The molecule has 0 radical (unpaired) electrons. The lowest BCUT2D eigenvalue weighted by molar-refractivity contribution is 0.549. The molecule has 1 aromatic carbocycles. The monoisotopic (exact) mass is 203 g/mol. The molecule has 0 heterocycles. The molecule has 0 amide bonds. The van der Waals surface area contributed by atoms with Crippen LogP contribution >= 0.6 is 12.6 Å². The van der Waals surface area contributed by atoms with Crippen LogP contribution in [-0.4, -0.2) is 5.75 Å². The van der Waals surface area contributed by atoms with Gasteiger partial charge >= 0.3 is 0 Å². The molecule has 1 atom stereocenters. The first-order valence-electron chi connectivity index (χ1n) is 3.89. The summed E-state index contributed by atoms with van der Waals surface area (Å²) >= 11 is 3.95. The fraction of sp³-hybridized carbons (Fsp3) is 0.333. The van der Waals surface area contributed by atoms with Crippen molar-refractivity contribution in [3.8, 4) is 0 Å². The third-order valence-corrected chi connectivity index (χ3v) is 2.34. The summed E-state index contributed by atoms with van der Waals surface area (Å²) < 4.78 is 26.2. The first-order valence-corrected chi connectivity index (χ1v) is 4.52. The fourth-order valence-electron chi connectivity index (χ4n) is 1.07. The number of nitrogens with two attached hydrogens (primary N) is 1. The lowest BCUT2D eigenvalue weighted by Gasteiger charge is -2.11. The van der Waals surface area contributed by atoms with Crippen LogP contribution in [0.15, 0.2) is 12.1 Å². The van der Waals surface area contributed by atoms with Gasteiger partial charge in [0.2, 0.25) is 0 Å². The van der Waals surface area contributed by atoms with Crippen LogP contribution in [-0.2, 0) is 0 Å². The van der Waals surface area contributed by atoms with E-state index in [0.717, 1.165) is 0 Å². The van der Waals surface area contributed by atoms with Crippen LogP contribution in [0.2, 0.25) is 0 Å². The normalized spacial score (nSPS) is 13.0. The zero-order valence-electron chi connectivity index (χ0n) is 7.22. The predicted molar refractivity (Wildman–Crippen MR) is 51.9 cm³/mol. The molecule has 0 aliphatic heterocycles. The van der Waals surface area contributed by atoms with Crippen molar-refractivity contribution in [2.45, 2.75) is 13.0 Å². The van der Waals surface area contributed by atoms with E-state index in [4.69, 9.17) is 5.73 Å². The van der Waals surface area contributed by atoms with Crippen LogP contribution in [0.3, 0.4) is 0 Å². The zero-order chi connectivity index (χ0) is 10.0. The van der Waals surface area contributed by atoms with E-state index in [1.807, 2.05) is 0 Å². The number of thiol groups is 1. The molecule has 4 heteroatoms. The van der Waals surface area contributed by atoms with Gasteiger partial charge in [-0.3, -0.25) is 0 Å². The molecule has 0 aliphatic rings. The second-order valence-electron chi connectivity index (χ2n) is 2.86. The molecule has 13 heavy (non-hydrogen) atoms. The first-order chi connectivity index (χ1) is 6.07. The third-order valence-electron chi connectivity index (χ3n) is 1.95. The van der Waals surface area contributed by atoms with Gasteiger partial charge in [0.15, 0.2) is 0 Å². The zero-order valence-corrected chi connectivity index (χ0v) is 8.11. The minimum absolute atomic E-state index is 0.00901. The Morgan fingerprint density at radius 3 is 2.62 bits per heavy atom. The number of benzene rings is 1. The molecule has 72 valence electrons. The number of hydrogen-bond donors (Lipinski definition) is 2. The Morgan fingerprint density at radius 1 is 1.46 bits per heavy atom. The average Bonchev–Trinajstić information content (AvgIpc) is 2.13. The first kappa shape index (κ1) is 10.5. The molecule has 1 nitrogen and oxygen atoms in total. The van der Waals surface area contributed by atoms with Crippen molar-refractivity contribution in [3.63, 3.8) is 0 Å². The topological polar surface area (TPSA) is 26.0 Å². The molecule has 1 rings (SSSR count). The summed E-state index contributed by atoms with van der Waals surface area (Å²) in [6, 6.07) is 2.10. The maximum Gasteiger partial charge on any atom is 0.133 e. The van der Waals surface area contributed by atoms with E-state index < -0.39 is 17.7 Å². The van der Waals surface area contributed by atoms with Crippen LogP contribution in [0.25, 0.3) is 0 Å². The Kier molecular flexibility index (Phi) is 3.27. The summed E-state index contributed by atoms with van der Waals surface area (Å²) in [4.78, 5) is 0. The van der Waals surface area contributed by atoms with Gasteiger partial charge in [0.25, 0.3) is 0 Å². The molecular weight excluding hydrogens is 192 g/mol. The van der Waals surface area contributed by atoms with Gasteiger partial charge < -0.3 is 5.73 Å². The molecule has 0 spiro atoms. The van der Waals surface area contributed by atoms with E-state index in [-0.39, 0.29) is 5.56 Å². The minimum Gasteiger partial charge on any atom is -0.323 e. The Morgan fingerprint density at radius 2 is 2.08 bits per heavy atom. The molecule has 1 aromatic rings. The van der Waals surface area contributed by atoms with Crippen LogP contribution in [0.5, 0.6) is 0 Å². The highest BCUT2D eigenvalue weighted by molar-refractivity contribution is 7.80. The summed E-state index contributed by atoms with van der Waals surface area (Å²) in [6.45, 7) is 1.39. The summed E-state index contributed by atoms with van der Waals surface area (Å²) in [5.41, 5.74) is 5.90. The van der Waals surface area contributed by atoms with Crippen molar-refractivity contribution in [2.24, 2.45) is 5.73 Å². The maximum atomic E-state index is 13.3. The highest BCUT2D eigenvalue weighted by atomic mass is 32.1. The van der Waals surface area contributed by atoms with Crippen molar-refractivity contribution >= 4 is 12.6 Å². The number of halogens is 2. The summed E-state index contributed by atoms with van der Waals surface area (Å²) in [6.07, 6.45) is 0. The second kappa shape index (κ2) is 4.07. The van der Waals surface area contributed by atoms with E-state index in [1.54, 1.807) is 0 Å². The summed E-state index contributed by atoms with van der Waals surface area (Å²) in [7, 11) is 0. The molecule has 0 fully saturated rings. The Balaban J connectivity index is 3.18. The van der Waals surface area contributed by atoms with E-state index >= 15 is 0 Å². The van der Waals surface area contributed by atoms with Gasteiger partial charge in [0.1, 0.15) is 11.6 Å². The van der Waals surface area contributed by atoms with Gasteiger partial charge in [-0.1, -0.05) is 6.07 Å². The Bertz CT molecular complexity index is 315. The molecule has 0 saturated heterocycles. The van der Waals surface area contributed by atoms with E-state index in [2.05, 4.69) is 12.6 Å². The van der Waals surface area contributed by atoms with Crippen LogP contribution < -0.4 is 5.73 Å². The van der Waals surface area contributed by atoms with E-state index in [1.165, 1.54) is 19.1 Å². The SMILES string of the molecule is Cc1c(F)ccc(C(N)CS)c1F. The molecule has 1 unspecified atom stereocenters. The van der Waals surface area contributed by atoms with Crippen molar-refractivity contribution in [3.05, 3.63) is 34.9 Å². The van der Waals surface area contributed by atoms with Crippen molar-refractivity contribution in [1.29, 1.82) is 0 Å². The molecule has 0 bridgehead atoms. The van der Waals surface area contributed by atoms with Gasteiger partial charge in [0, 0.05) is 22.9 Å². The Labute approximate surface area is 81.4 Å². The maximum absolute atomic E-state index is 13.3. The van der Waals surface area contributed by atoms with E-state index in [0.29, 0.717) is 11.3 Å². The summed E-state index contributed by atoms with van der Waals surface area (Å²) in [5.74, 6) is -0.781. The minimum atomic E-state index is -0.568. The molecule has 0 saturated carbocycles. The van der Waals surface area contributed by atoms with Crippen molar-refractivity contribution in [1.82, 2.24) is 0 Å². The van der Waals surface area contributed by atoms with Gasteiger partial charge in [0.05, 0.1) is 0 Å². The largest absolute Gasteiger partial charge is 0.323 e. The molecule has 0 aromatic heterocycles. The lowest BCUT2D eigenvalue weighted by atomic mass is 10.0. The third kappa shape index (κ3) is 2.00. The van der Waals surface area contributed by atoms with Crippen molar-refractivity contribution < 1.29 is 8.78 Å². The lowest BCUT2D eigenvalue weighted by Crippen LogP contribution is -2.14. The molecule has 0 aliphatic carbocycles. The quantitative estimate of drug-likeness (QED) is 0.708. The van der Waals surface area contributed by atoms with Crippen molar-refractivity contribution in [2.75, 3.05) is 5.75 Å². The van der Waals surface area contributed by atoms with Crippen LogP contribution in [0.1, 0.15) is 17.2 Å². The second-order valence-corrected chi connectivity index (χ2v) is 3.23. The van der Waals surface area contributed by atoms with Gasteiger partial charge in [-0.15, -0.1) is 0 Å². The van der Waals surface area contributed by atoms with Gasteiger partial charge in [-0.25, -0.2) is 8.78 Å². The molecule has 2 N–H and O–H groups in total. The van der Waals surface area contributed by atoms with E-state index in [9.17, 15) is 8.78 Å². The fourth-order valence-corrected chi connectivity index (χ4v) is 1.26. The smallest absolute Gasteiger partial charge is 0.133 e. The number of hydrogen-bond acceptors (Lipinski definition) is 2. The van der Waals surface area contributed by atoms with Gasteiger partial charge in [-0.05, 0) is 13.0 Å². The summed E-state index contributed by atoms with van der Waals surface area (Å²) in [5, 5.41) is 0. The van der Waals surface area contributed by atoms with Crippen LogP contribution in [0.4, 0.5) is 8.78 Å². The molecular formula is C9H11F2NS. The predicted octanol–water partition coefficient (Wildman–Crippen LogP) is 2.20. The highest BCUT2D eigenvalue weighted by Gasteiger charge is 2.13. The van der Waals surface area contributed by atoms with Gasteiger partial charge in [-0.2, -0.15) is 12.6 Å².